The molecule has 0 radical (unpaired) electrons. The first-order valence-electron chi connectivity index (χ1n) is 9.50. The van der Waals surface area contributed by atoms with Crippen LogP contribution >= 0.6 is 11.6 Å². The van der Waals surface area contributed by atoms with Gasteiger partial charge >= 0.3 is 6.03 Å². The number of urea groups is 1. The quantitative estimate of drug-likeness (QED) is 0.727. The molecule has 0 saturated heterocycles. The van der Waals surface area contributed by atoms with Gasteiger partial charge in [0.25, 0.3) is 0 Å². The molecular formula is C19H23ClFN5O2. The van der Waals surface area contributed by atoms with Gasteiger partial charge in [-0.05, 0) is 43.9 Å². The van der Waals surface area contributed by atoms with Crippen molar-refractivity contribution in [1.82, 2.24) is 14.7 Å². The molecule has 0 spiro atoms. The molecule has 4 rings (SSSR count). The van der Waals surface area contributed by atoms with Crippen LogP contribution in [0.25, 0.3) is 0 Å². The molecule has 2 aromatic rings. The van der Waals surface area contributed by atoms with E-state index in [0.717, 1.165) is 37.2 Å². The maximum atomic E-state index is 13.3. The molecule has 1 aromatic heterocycles. The summed E-state index contributed by atoms with van der Waals surface area (Å²) in [5, 5.41) is 20.4. The van der Waals surface area contributed by atoms with Crippen LogP contribution in [0, 0.1) is 5.82 Å². The van der Waals surface area contributed by atoms with Crippen molar-refractivity contribution in [2.24, 2.45) is 0 Å². The molecule has 0 atom stereocenters. The molecule has 2 amide bonds. The summed E-state index contributed by atoms with van der Waals surface area (Å²) in [6.45, 7) is 1.58. The number of aromatic nitrogens is 2. The number of fused-ring (bicyclic) bond motifs is 1. The van der Waals surface area contributed by atoms with Crippen LogP contribution in [0.1, 0.15) is 31.4 Å². The van der Waals surface area contributed by atoms with Crippen LogP contribution in [0.4, 0.5) is 20.7 Å². The lowest BCUT2D eigenvalue weighted by atomic mass is 9.93. The molecule has 150 valence electrons. The highest BCUT2D eigenvalue weighted by molar-refractivity contribution is 6.31. The second-order valence-electron chi connectivity index (χ2n) is 7.37. The number of hydrogen-bond acceptors (Lipinski definition) is 4. The Bertz CT molecular complexity index is 866. The zero-order valence-corrected chi connectivity index (χ0v) is 16.1. The zero-order chi connectivity index (χ0) is 19.7. The molecule has 3 N–H and O–H groups in total. The molecule has 0 unspecified atom stereocenters. The number of anilines is 2. The van der Waals surface area contributed by atoms with Gasteiger partial charge < -0.3 is 20.6 Å². The van der Waals surface area contributed by atoms with E-state index >= 15 is 0 Å². The number of halogens is 2. The summed E-state index contributed by atoms with van der Waals surface area (Å²) in [5.41, 5.74) is 1.41. The van der Waals surface area contributed by atoms with E-state index in [1.54, 1.807) is 4.90 Å². The van der Waals surface area contributed by atoms with Crippen molar-refractivity contribution in [3.05, 3.63) is 40.8 Å². The fraction of sp³-hybridized carbons (Fsp3) is 0.474. The van der Waals surface area contributed by atoms with Crippen molar-refractivity contribution >= 4 is 29.1 Å². The fourth-order valence-electron chi connectivity index (χ4n) is 3.72. The topological polar surface area (TPSA) is 82.4 Å². The Hall–Kier alpha value is -2.32. The van der Waals surface area contributed by atoms with Crippen molar-refractivity contribution < 1.29 is 14.3 Å². The first-order chi connectivity index (χ1) is 13.5. The summed E-state index contributed by atoms with van der Waals surface area (Å²) in [7, 11) is 0. The molecule has 9 heteroatoms. The normalized spacial score (nSPS) is 21.9. The highest BCUT2D eigenvalue weighted by Crippen LogP contribution is 2.24. The minimum Gasteiger partial charge on any atom is -0.393 e. The van der Waals surface area contributed by atoms with E-state index in [9.17, 15) is 14.3 Å². The number of carbonyl (C=O) groups excluding carboxylic acids is 1. The van der Waals surface area contributed by atoms with Crippen molar-refractivity contribution in [3.63, 3.8) is 0 Å². The number of carbonyl (C=O) groups is 1. The van der Waals surface area contributed by atoms with Gasteiger partial charge in [0.2, 0.25) is 0 Å². The van der Waals surface area contributed by atoms with Gasteiger partial charge in [0.05, 0.1) is 29.9 Å². The second-order valence-corrected chi connectivity index (χ2v) is 7.78. The number of nitrogens with zero attached hydrogens (tertiary/aromatic N) is 3. The molecule has 28 heavy (non-hydrogen) atoms. The van der Waals surface area contributed by atoms with Gasteiger partial charge in [0.15, 0.2) is 0 Å². The molecule has 0 bridgehead atoms. The third-order valence-corrected chi connectivity index (χ3v) is 5.59. The number of nitrogens with one attached hydrogen (secondary N) is 2. The second kappa shape index (κ2) is 7.97. The zero-order valence-electron chi connectivity index (χ0n) is 15.4. The van der Waals surface area contributed by atoms with Gasteiger partial charge in [-0.2, -0.15) is 5.10 Å². The fourth-order valence-corrected chi connectivity index (χ4v) is 3.90. The first-order valence-corrected chi connectivity index (χ1v) is 9.88. The average molecular weight is 408 g/mol. The maximum absolute atomic E-state index is 13.3. The molecule has 1 aliphatic heterocycles. The van der Waals surface area contributed by atoms with Crippen molar-refractivity contribution in [2.75, 3.05) is 17.2 Å². The van der Waals surface area contributed by atoms with Crippen LogP contribution in [0.15, 0.2) is 24.3 Å². The third kappa shape index (κ3) is 4.23. The first kappa shape index (κ1) is 19.0. The summed E-state index contributed by atoms with van der Waals surface area (Å²) in [5.74, 6) is 0.290. The summed E-state index contributed by atoms with van der Waals surface area (Å²) < 4.78 is 15.2. The summed E-state index contributed by atoms with van der Waals surface area (Å²) in [4.78, 5) is 14.2. The van der Waals surface area contributed by atoms with Gasteiger partial charge in [0.1, 0.15) is 11.6 Å². The third-order valence-electron chi connectivity index (χ3n) is 5.30. The Labute approximate surface area is 167 Å². The Kier molecular flexibility index (Phi) is 5.41. The minimum atomic E-state index is -0.519. The molecule has 1 saturated carbocycles. The van der Waals surface area contributed by atoms with Crippen LogP contribution in [0.5, 0.6) is 0 Å². The van der Waals surface area contributed by atoms with Gasteiger partial charge in [0, 0.05) is 24.3 Å². The van der Waals surface area contributed by atoms with Crippen LogP contribution in [-0.4, -0.2) is 44.5 Å². The predicted octanol–water partition coefficient (Wildman–Crippen LogP) is 3.44. The lowest BCUT2D eigenvalue weighted by Crippen LogP contribution is -2.40. The van der Waals surface area contributed by atoms with Crippen molar-refractivity contribution in [2.45, 2.75) is 50.9 Å². The van der Waals surface area contributed by atoms with Gasteiger partial charge in [-0.25, -0.2) is 9.18 Å². The highest BCUT2D eigenvalue weighted by Gasteiger charge is 2.24. The van der Waals surface area contributed by atoms with Crippen LogP contribution in [-0.2, 0) is 13.1 Å². The Morgan fingerprint density at radius 1 is 1.21 bits per heavy atom. The molecule has 7 nitrogen and oxygen atoms in total. The van der Waals surface area contributed by atoms with Crippen molar-refractivity contribution in [1.29, 1.82) is 0 Å². The van der Waals surface area contributed by atoms with Gasteiger partial charge in [-0.1, -0.05) is 11.6 Å². The number of rotatable bonds is 3. The van der Waals surface area contributed by atoms with Gasteiger partial charge in [-0.3, -0.25) is 4.68 Å². The SMILES string of the molecule is O=C(Nc1ccc(F)c(Cl)c1)N1CCn2nc(NC3CCC(O)CC3)cc2C1. The average Bonchev–Trinajstić information content (AvgIpc) is 3.08. The van der Waals surface area contributed by atoms with Crippen molar-refractivity contribution in [3.8, 4) is 0 Å². The molecule has 2 heterocycles. The molecule has 1 aromatic carbocycles. The van der Waals surface area contributed by atoms with E-state index in [1.807, 2.05) is 10.7 Å². The minimum absolute atomic E-state index is 0.0273. The summed E-state index contributed by atoms with van der Waals surface area (Å²) in [6.07, 6.45) is 3.30. The predicted molar refractivity (Wildman–Crippen MR) is 105 cm³/mol. The lowest BCUT2D eigenvalue weighted by Gasteiger charge is -2.27. The Morgan fingerprint density at radius 2 is 2.00 bits per heavy atom. The smallest absolute Gasteiger partial charge is 0.322 e. The maximum Gasteiger partial charge on any atom is 0.322 e. The Morgan fingerprint density at radius 3 is 2.75 bits per heavy atom. The van der Waals surface area contributed by atoms with Crippen LogP contribution < -0.4 is 10.6 Å². The summed E-state index contributed by atoms with van der Waals surface area (Å²) >= 11 is 5.77. The number of hydrogen-bond donors (Lipinski definition) is 3. The molecule has 1 fully saturated rings. The van der Waals surface area contributed by atoms with E-state index in [4.69, 9.17) is 11.6 Å². The monoisotopic (exact) mass is 407 g/mol. The van der Waals surface area contributed by atoms with Crippen LogP contribution in [0.2, 0.25) is 5.02 Å². The standard InChI is InChI=1S/C19H23ClFN5O2/c20-16-9-13(3-6-17(16)21)23-19(28)25-7-8-26-14(11-25)10-18(24-26)22-12-1-4-15(27)5-2-12/h3,6,9-10,12,15,27H,1-2,4-5,7-8,11H2,(H,22,24)(H,23,28). The van der Waals surface area contributed by atoms with E-state index < -0.39 is 5.82 Å². The van der Waals surface area contributed by atoms with E-state index in [2.05, 4.69) is 15.7 Å². The van der Waals surface area contributed by atoms with E-state index in [-0.39, 0.29) is 17.2 Å². The highest BCUT2D eigenvalue weighted by atomic mass is 35.5. The molecular weight excluding hydrogens is 385 g/mol. The van der Waals surface area contributed by atoms with Gasteiger partial charge in [-0.15, -0.1) is 0 Å². The van der Waals surface area contributed by atoms with Crippen LogP contribution in [0.3, 0.4) is 0 Å². The number of benzene rings is 1. The number of aliphatic hydroxyl groups is 1. The largest absolute Gasteiger partial charge is 0.393 e. The Balaban J connectivity index is 1.37. The van der Waals surface area contributed by atoms with E-state index in [0.29, 0.717) is 31.4 Å². The number of aliphatic hydroxyl groups excluding tert-OH is 1. The van der Waals surface area contributed by atoms with E-state index in [1.165, 1.54) is 18.2 Å². The molecule has 2 aliphatic rings. The molecule has 1 aliphatic carbocycles. The lowest BCUT2D eigenvalue weighted by molar-refractivity contribution is 0.126. The number of amides is 2. The summed E-state index contributed by atoms with van der Waals surface area (Å²) in [6, 6.07) is 6.14.